The Balaban J connectivity index is 2.03. The van der Waals surface area contributed by atoms with Crippen LogP contribution in [-0.2, 0) is 4.79 Å². The van der Waals surface area contributed by atoms with Gasteiger partial charge in [0.15, 0.2) is 0 Å². The third-order valence-electron chi connectivity index (χ3n) is 4.06. The van der Waals surface area contributed by atoms with Crippen LogP contribution >= 0.6 is 11.6 Å². The number of allylic oxidation sites excluding steroid dienone is 4. The van der Waals surface area contributed by atoms with Gasteiger partial charge in [-0.2, -0.15) is 0 Å². The van der Waals surface area contributed by atoms with Crippen molar-refractivity contribution in [1.82, 2.24) is 9.55 Å². The number of nitrogens with one attached hydrogen (secondary N) is 1. The lowest BCUT2D eigenvalue weighted by Gasteiger charge is -2.17. The van der Waals surface area contributed by atoms with Crippen LogP contribution in [0, 0.1) is 11.8 Å². The molecule has 1 aromatic carbocycles. The maximum Gasteiger partial charge on any atom is 0.229 e. The Labute approximate surface area is 134 Å². The van der Waals surface area contributed by atoms with Crippen molar-refractivity contribution >= 4 is 40.2 Å². The Morgan fingerprint density at radius 2 is 2.05 bits per heavy atom. The topological polar surface area (TPSA) is 46.9 Å². The molecule has 0 saturated carbocycles. The molecular weight excluding hydrogens is 298 g/mol. The highest BCUT2D eigenvalue weighted by Crippen LogP contribution is 2.30. The van der Waals surface area contributed by atoms with Gasteiger partial charge in [-0.3, -0.25) is 14.7 Å². The number of hydrogen-bond donors (Lipinski definition) is 1. The molecule has 1 heterocycles. The molecule has 1 aliphatic rings. The molecule has 3 rings (SSSR count). The molecule has 0 aliphatic heterocycles. The second kappa shape index (κ2) is 5.61. The molecule has 1 aliphatic carbocycles. The van der Waals surface area contributed by atoms with Crippen LogP contribution in [0.3, 0.4) is 0 Å². The van der Waals surface area contributed by atoms with Crippen molar-refractivity contribution in [1.29, 1.82) is 0 Å². The predicted molar refractivity (Wildman–Crippen MR) is 90.8 cm³/mol. The smallest absolute Gasteiger partial charge is 0.229 e. The van der Waals surface area contributed by atoms with Crippen molar-refractivity contribution in [3.63, 3.8) is 0 Å². The minimum Gasteiger partial charge on any atom is -0.295 e. The average Bonchev–Trinajstić information content (AvgIpc) is 2.74. The number of rotatable bonds is 4. The van der Waals surface area contributed by atoms with E-state index in [4.69, 9.17) is 11.6 Å². The maximum absolute atomic E-state index is 12.4. The van der Waals surface area contributed by atoms with E-state index in [1.807, 2.05) is 55.7 Å². The lowest BCUT2D eigenvalue weighted by atomic mass is 9.97. The molecule has 5 heteroatoms. The van der Waals surface area contributed by atoms with Crippen molar-refractivity contribution < 1.29 is 4.79 Å². The summed E-state index contributed by atoms with van der Waals surface area (Å²) in [5.74, 6) is 0.699. The molecule has 2 aromatic rings. The number of anilines is 1. The molecule has 22 heavy (non-hydrogen) atoms. The summed E-state index contributed by atoms with van der Waals surface area (Å²) in [5.41, 5.74) is 2.67. The van der Waals surface area contributed by atoms with E-state index in [9.17, 15) is 4.79 Å². The lowest BCUT2D eigenvalue weighted by Crippen LogP contribution is -2.26. The van der Waals surface area contributed by atoms with Crippen molar-refractivity contribution in [2.75, 3.05) is 5.32 Å². The van der Waals surface area contributed by atoms with Crippen molar-refractivity contribution in [3.05, 3.63) is 41.4 Å². The fraction of sp³-hybridized carbons (Fsp3) is 0.294. The third kappa shape index (κ3) is 2.55. The van der Waals surface area contributed by atoms with E-state index in [-0.39, 0.29) is 17.7 Å². The number of nitrogens with zero attached hydrogens (tertiary/aromatic N) is 2. The van der Waals surface area contributed by atoms with Gasteiger partial charge in [0.2, 0.25) is 11.9 Å². The molecule has 0 spiro atoms. The zero-order valence-corrected chi connectivity index (χ0v) is 13.6. The molecule has 0 radical (unpaired) electrons. The highest BCUT2D eigenvalue weighted by molar-refractivity contribution is 6.31. The molecule has 1 atom stereocenters. The molecule has 0 bridgehead atoms. The minimum atomic E-state index is -0.0808. The zero-order valence-electron chi connectivity index (χ0n) is 12.8. The molecule has 1 amide bonds. The second-order valence-electron chi connectivity index (χ2n) is 5.88. The maximum atomic E-state index is 12.4. The van der Waals surface area contributed by atoms with Crippen LogP contribution in [-0.4, -0.2) is 15.5 Å². The van der Waals surface area contributed by atoms with Gasteiger partial charge in [0.1, 0.15) is 0 Å². The molecule has 0 unspecified atom stereocenters. The van der Waals surface area contributed by atoms with Gasteiger partial charge in [0.25, 0.3) is 0 Å². The van der Waals surface area contributed by atoms with Gasteiger partial charge in [0.05, 0.1) is 11.0 Å². The van der Waals surface area contributed by atoms with Crippen molar-refractivity contribution in [2.45, 2.75) is 20.8 Å². The predicted octanol–water partition coefficient (Wildman–Crippen LogP) is 4.33. The normalized spacial score (nSPS) is 14.9. The van der Waals surface area contributed by atoms with E-state index in [1.54, 1.807) is 6.07 Å². The summed E-state index contributed by atoms with van der Waals surface area (Å²) in [6.45, 7) is 5.99. The highest BCUT2D eigenvalue weighted by Gasteiger charge is 2.21. The van der Waals surface area contributed by atoms with Gasteiger partial charge < -0.3 is 0 Å². The molecule has 0 saturated heterocycles. The van der Waals surface area contributed by atoms with E-state index in [2.05, 4.69) is 10.3 Å². The highest BCUT2D eigenvalue weighted by atomic mass is 35.5. The van der Waals surface area contributed by atoms with Crippen LogP contribution in [0.4, 0.5) is 5.95 Å². The minimum absolute atomic E-state index is 0.0263. The number of fused-ring (bicyclic) bond motifs is 1. The monoisotopic (exact) mass is 315 g/mol. The number of carbonyl (C=O) groups excluding carboxylic acids is 1. The van der Waals surface area contributed by atoms with Crippen LogP contribution in [0.2, 0.25) is 5.02 Å². The average molecular weight is 316 g/mol. The fourth-order valence-electron chi connectivity index (χ4n) is 2.25. The summed E-state index contributed by atoms with van der Waals surface area (Å²) in [6, 6.07) is 5.52. The summed E-state index contributed by atoms with van der Waals surface area (Å²) in [7, 11) is 0. The summed E-state index contributed by atoms with van der Waals surface area (Å²) in [4.78, 5) is 16.9. The van der Waals surface area contributed by atoms with Crippen LogP contribution in [0.15, 0.2) is 36.4 Å². The van der Waals surface area contributed by atoms with Gasteiger partial charge in [0, 0.05) is 16.6 Å². The summed E-state index contributed by atoms with van der Waals surface area (Å²) >= 11 is 6.10. The van der Waals surface area contributed by atoms with Crippen molar-refractivity contribution in [3.8, 4) is 0 Å². The van der Waals surface area contributed by atoms with Gasteiger partial charge in [-0.25, -0.2) is 4.98 Å². The Hall–Kier alpha value is -2.07. The molecule has 1 aromatic heterocycles. The fourth-order valence-corrected chi connectivity index (χ4v) is 2.42. The van der Waals surface area contributed by atoms with Crippen molar-refractivity contribution in [2.24, 2.45) is 11.8 Å². The van der Waals surface area contributed by atoms with E-state index < -0.39 is 0 Å². The first-order chi connectivity index (χ1) is 10.5. The Morgan fingerprint density at radius 1 is 1.32 bits per heavy atom. The first-order valence-electron chi connectivity index (χ1n) is 7.35. The van der Waals surface area contributed by atoms with E-state index in [0.717, 1.165) is 16.7 Å². The standard InChI is InChI=1S/C17H18ClN3O/c1-10(2)11(3)16(22)20-17-19-14-8-7-12(18)9-15(14)21(17)13-5-4-6-13/h4-11H,1-3H3,(H,19,20,22)/t11-/m0/s1. The first kappa shape index (κ1) is 14.9. The number of halogens is 1. The zero-order chi connectivity index (χ0) is 15.9. The summed E-state index contributed by atoms with van der Waals surface area (Å²) < 4.78 is 1.92. The van der Waals surface area contributed by atoms with Gasteiger partial charge >= 0.3 is 0 Å². The first-order valence-corrected chi connectivity index (χ1v) is 7.73. The summed E-state index contributed by atoms with van der Waals surface area (Å²) in [5, 5.41) is 3.59. The third-order valence-corrected chi connectivity index (χ3v) is 4.29. The largest absolute Gasteiger partial charge is 0.295 e. The molecule has 0 fully saturated rings. The molecule has 114 valence electrons. The number of amides is 1. The van der Waals surface area contributed by atoms with E-state index in [1.165, 1.54) is 0 Å². The molecule has 4 nitrogen and oxygen atoms in total. The molecule has 1 N–H and O–H groups in total. The number of hydrogen-bond acceptors (Lipinski definition) is 2. The second-order valence-corrected chi connectivity index (χ2v) is 6.31. The van der Waals surface area contributed by atoms with E-state index >= 15 is 0 Å². The SMILES string of the molecule is CC(C)[C@H](C)C(=O)Nc1nc2ccc(Cl)cc2n1C1=CC=C1. The Morgan fingerprint density at radius 3 is 2.64 bits per heavy atom. The van der Waals surface area contributed by atoms with Gasteiger partial charge in [-0.1, -0.05) is 38.4 Å². The van der Waals surface area contributed by atoms with Crippen LogP contribution in [0.1, 0.15) is 20.8 Å². The van der Waals surface area contributed by atoms with Crippen LogP contribution < -0.4 is 5.32 Å². The lowest BCUT2D eigenvalue weighted by molar-refractivity contribution is -0.120. The summed E-state index contributed by atoms with van der Waals surface area (Å²) in [6.07, 6.45) is 5.90. The van der Waals surface area contributed by atoms with Gasteiger partial charge in [-0.05, 0) is 36.3 Å². The quantitative estimate of drug-likeness (QED) is 0.912. The van der Waals surface area contributed by atoms with Crippen LogP contribution in [0.25, 0.3) is 16.7 Å². The number of imidazole rings is 1. The Bertz CT molecular complexity index is 802. The van der Waals surface area contributed by atoms with Crippen LogP contribution in [0.5, 0.6) is 0 Å². The van der Waals surface area contributed by atoms with E-state index in [0.29, 0.717) is 11.0 Å². The van der Waals surface area contributed by atoms with Gasteiger partial charge in [-0.15, -0.1) is 0 Å². The number of aromatic nitrogens is 2. The number of benzene rings is 1. The molecular formula is C17H18ClN3O. The Kier molecular flexibility index (Phi) is 3.79. The number of carbonyl (C=O) groups is 1.